The van der Waals surface area contributed by atoms with Gasteiger partial charge in [-0.3, -0.25) is 0 Å². The van der Waals surface area contributed by atoms with E-state index in [1.807, 2.05) is 0 Å². The van der Waals surface area contributed by atoms with Crippen molar-refractivity contribution in [3.8, 4) is 0 Å². The van der Waals surface area contributed by atoms with Gasteiger partial charge in [0.15, 0.2) is 0 Å². The number of hydrogen-bond donors (Lipinski definition) is 0. The van der Waals surface area contributed by atoms with Crippen molar-refractivity contribution >= 4 is 24.3 Å². The van der Waals surface area contributed by atoms with E-state index in [0.717, 1.165) is 0 Å². The first-order valence-corrected chi connectivity index (χ1v) is 4.30. The van der Waals surface area contributed by atoms with Gasteiger partial charge in [-0.05, 0) is 19.3 Å². The summed E-state index contributed by atoms with van der Waals surface area (Å²) in [5.41, 5.74) is -1.58. The number of hydrogen-bond acceptors (Lipinski definition) is 1. The van der Waals surface area contributed by atoms with Crippen LogP contribution >= 0.6 is 11.6 Å². The van der Waals surface area contributed by atoms with Gasteiger partial charge in [0.2, 0.25) is 0 Å². The molecular weight excluding hydrogens is 230 g/mol. The van der Waals surface area contributed by atoms with E-state index in [9.17, 15) is 17.7 Å². The fourth-order valence-corrected chi connectivity index (χ4v) is 0.923. The maximum Gasteiger partial charge on any atom is 1.00 e. The quantitative estimate of drug-likeness (QED) is 0.355. The van der Waals surface area contributed by atoms with Crippen molar-refractivity contribution < 1.29 is 69.1 Å². The molecule has 0 radical (unpaired) electrons. The molecule has 72 valence electrons. The average molecular weight is 241 g/mol. The zero-order valence-corrected chi connectivity index (χ0v) is 11.4. The van der Waals surface area contributed by atoms with Crippen molar-refractivity contribution in [1.82, 2.24) is 0 Å². The normalized spacial score (nSPS) is 10.8. The van der Waals surface area contributed by atoms with Gasteiger partial charge >= 0.3 is 58.4 Å². The first-order chi connectivity index (χ1) is 5.48. The van der Waals surface area contributed by atoms with Crippen LogP contribution in [0.25, 0.3) is 0 Å². The maximum absolute atomic E-state index is 11.6. The summed E-state index contributed by atoms with van der Waals surface area (Å²) >= 11 is 5.30. The van der Waals surface area contributed by atoms with Crippen molar-refractivity contribution in [3.63, 3.8) is 0 Å². The van der Waals surface area contributed by atoms with Crippen LogP contribution in [0.1, 0.15) is 25.7 Å². The largest absolute Gasteiger partial charge is 1.00 e. The van der Waals surface area contributed by atoms with Gasteiger partial charge in [-0.2, -0.15) is 0 Å². The van der Waals surface area contributed by atoms with Crippen LogP contribution in [0.2, 0.25) is 0 Å². The van der Waals surface area contributed by atoms with Crippen molar-refractivity contribution in [3.05, 3.63) is 0 Å². The Labute approximate surface area is 123 Å². The molecular formula is C6H10BClF3KO. The number of halogens is 4. The van der Waals surface area contributed by atoms with Crippen LogP contribution in [0.4, 0.5) is 12.9 Å². The molecule has 0 spiro atoms. The minimum atomic E-state index is -5.26. The SMILES string of the molecule is O=C(CCCCCCl)[B-](F)(F)F.[K+]. The van der Waals surface area contributed by atoms with Gasteiger partial charge in [-0.1, -0.05) is 6.42 Å². The summed E-state index contributed by atoms with van der Waals surface area (Å²) in [6.45, 7) is -5.26. The molecule has 0 saturated heterocycles. The number of rotatable bonds is 6. The number of alkyl halides is 1. The van der Waals surface area contributed by atoms with E-state index in [2.05, 4.69) is 0 Å². The molecule has 0 aromatic heterocycles. The van der Waals surface area contributed by atoms with Gasteiger partial charge in [0.1, 0.15) is 0 Å². The molecule has 0 fully saturated rings. The molecule has 0 bridgehead atoms. The van der Waals surface area contributed by atoms with Gasteiger partial charge in [0, 0.05) is 5.88 Å². The van der Waals surface area contributed by atoms with Crippen molar-refractivity contribution in [2.24, 2.45) is 0 Å². The minimum Gasteiger partial charge on any atom is -0.443 e. The van der Waals surface area contributed by atoms with E-state index in [-0.39, 0.29) is 64.2 Å². The predicted octanol–water partition coefficient (Wildman–Crippen LogP) is -0.255. The second kappa shape index (κ2) is 8.74. The molecule has 1 nitrogen and oxygen atoms in total. The molecule has 0 rings (SSSR count). The summed E-state index contributed by atoms with van der Waals surface area (Å²) in [6, 6.07) is 0. The molecule has 0 aliphatic carbocycles. The molecule has 0 aromatic carbocycles. The average Bonchev–Trinajstić information content (AvgIpc) is 1.96. The first-order valence-electron chi connectivity index (χ1n) is 3.77. The second-order valence-corrected chi connectivity index (χ2v) is 2.92. The number of unbranched alkanes of at least 4 members (excludes halogenated alkanes) is 2. The molecule has 0 N–H and O–H groups in total. The van der Waals surface area contributed by atoms with Crippen LogP contribution in [-0.4, -0.2) is 18.5 Å². The molecule has 0 aliphatic heterocycles. The van der Waals surface area contributed by atoms with Crippen molar-refractivity contribution in [2.75, 3.05) is 5.88 Å². The van der Waals surface area contributed by atoms with E-state index >= 15 is 0 Å². The molecule has 0 atom stereocenters. The summed E-state index contributed by atoms with van der Waals surface area (Å²) in [5.74, 6) is 0.436. The van der Waals surface area contributed by atoms with Crippen LogP contribution in [0, 0.1) is 0 Å². The Morgan fingerprint density at radius 1 is 1.15 bits per heavy atom. The summed E-state index contributed by atoms with van der Waals surface area (Å²) in [6.07, 6.45) is 1.15. The van der Waals surface area contributed by atoms with Crippen molar-refractivity contribution in [2.45, 2.75) is 25.7 Å². The van der Waals surface area contributed by atoms with Crippen LogP contribution in [0.15, 0.2) is 0 Å². The molecule has 7 heteroatoms. The Kier molecular flexibility index (Phi) is 11.3. The summed E-state index contributed by atoms with van der Waals surface area (Å²) in [5, 5.41) is 0. The third-order valence-corrected chi connectivity index (χ3v) is 1.69. The summed E-state index contributed by atoms with van der Waals surface area (Å²) < 4.78 is 34.9. The van der Waals surface area contributed by atoms with Crippen LogP contribution in [0.5, 0.6) is 0 Å². The standard InChI is InChI=1S/C6H10BClF3O.K/c8-5-3-1-2-4-6(12)7(9,10)11;/h1-5H2;/q-1;+1. The van der Waals surface area contributed by atoms with E-state index in [1.165, 1.54) is 0 Å². The predicted molar refractivity (Wildman–Crippen MR) is 43.3 cm³/mol. The molecule has 0 unspecified atom stereocenters. The van der Waals surface area contributed by atoms with Gasteiger partial charge in [-0.25, -0.2) is 0 Å². The first kappa shape index (κ1) is 16.9. The van der Waals surface area contributed by atoms with Crippen LogP contribution < -0.4 is 51.4 Å². The molecule has 0 aromatic rings. The van der Waals surface area contributed by atoms with E-state index < -0.39 is 12.7 Å². The third kappa shape index (κ3) is 9.75. The Bertz CT molecular complexity index is 153. The second-order valence-electron chi connectivity index (χ2n) is 2.54. The smallest absolute Gasteiger partial charge is 0.443 e. The van der Waals surface area contributed by atoms with Gasteiger partial charge in [-0.15, -0.1) is 11.6 Å². The zero-order valence-electron chi connectivity index (χ0n) is 7.53. The molecule has 13 heavy (non-hydrogen) atoms. The van der Waals surface area contributed by atoms with E-state index in [1.54, 1.807) is 0 Å². The Balaban J connectivity index is 0. The zero-order chi connectivity index (χ0) is 9.61. The van der Waals surface area contributed by atoms with Crippen molar-refractivity contribution in [1.29, 1.82) is 0 Å². The van der Waals surface area contributed by atoms with E-state index in [0.29, 0.717) is 18.7 Å². The fourth-order valence-electron chi connectivity index (χ4n) is 0.734. The van der Waals surface area contributed by atoms with Gasteiger partial charge < -0.3 is 17.7 Å². The molecule has 0 aliphatic rings. The summed E-state index contributed by atoms with van der Waals surface area (Å²) in [4.78, 5) is 10.3. The van der Waals surface area contributed by atoms with Gasteiger partial charge in [0.05, 0.1) is 5.68 Å². The molecule has 0 saturated carbocycles. The Morgan fingerprint density at radius 3 is 2.08 bits per heavy atom. The minimum absolute atomic E-state index is 0. The van der Waals surface area contributed by atoms with Crippen LogP contribution in [0.3, 0.4) is 0 Å². The fraction of sp³-hybridized carbons (Fsp3) is 0.833. The third-order valence-electron chi connectivity index (χ3n) is 1.42. The molecule has 0 heterocycles. The number of carbonyl (C=O) groups excluding carboxylic acids is 1. The maximum atomic E-state index is 11.6. The van der Waals surface area contributed by atoms with E-state index in [4.69, 9.17) is 11.6 Å². The monoisotopic (exact) mass is 240 g/mol. The Morgan fingerprint density at radius 2 is 1.69 bits per heavy atom. The summed E-state index contributed by atoms with van der Waals surface area (Å²) in [7, 11) is 0. The number of carbonyl (C=O) groups is 1. The van der Waals surface area contributed by atoms with Crippen LogP contribution in [-0.2, 0) is 4.79 Å². The topological polar surface area (TPSA) is 17.1 Å². The van der Waals surface area contributed by atoms with Gasteiger partial charge in [0.25, 0.3) is 0 Å². The Hall–Kier alpha value is 1.45. The molecule has 0 amide bonds.